The van der Waals surface area contributed by atoms with Crippen LogP contribution in [-0.4, -0.2) is 46.0 Å². The highest BCUT2D eigenvalue weighted by molar-refractivity contribution is 5.56. The van der Waals surface area contributed by atoms with Crippen molar-refractivity contribution in [1.82, 2.24) is 15.5 Å². The Hall–Kier alpha value is -3.14. The van der Waals surface area contributed by atoms with Crippen molar-refractivity contribution in [2.75, 3.05) is 19.8 Å². The van der Waals surface area contributed by atoms with Gasteiger partial charge in [0.1, 0.15) is 0 Å². The van der Waals surface area contributed by atoms with Gasteiger partial charge in [0.05, 0.1) is 23.7 Å². The number of benzene rings is 2. The highest BCUT2D eigenvalue weighted by atomic mass is 16.6. The first kappa shape index (κ1) is 21.6. The predicted molar refractivity (Wildman–Crippen MR) is 110 cm³/mol. The van der Waals surface area contributed by atoms with Crippen LogP contribution in [0.25, 0.3) is 11.4 Å². The van der Waals surface area contributed by atoms with E-state index in [1.807, 2.05) is 37.3 Å². The van der Waals surface area contributed by atoms with E-state index in [9.17, 15) is 15.2 Å². The number of non-ortho nitro benzene ring substituents is 1. The molecule has 30 heavy (non-hydrogen) atoms. The summed E-state index contributed by atoms with van der Waals surface area (Å²) in [6.07, 6.45) is -0.0790. The molecule has 0 aliphatic rings. The minimum Gasteiger partial charge on any atom is -0.389 e. The average molecular weight is 412 g/mol. The minimum atomic E-state index is -0.666. The predicted octanol–water partition coefficient (Wildman–Crippen LogP) is 2.92. The molecule has 2 N–H and O–H groups in total. The van der Waals surface area contributed by atoms with Gasteiger partial charge in [0, 0.05) is 30.8 Å². The van der Waals surface area contributed by atoms with Crippen LogP contribution in [0, 0.1) is 10.1 Å². The van der Waals surface area contributed by atoms with E-state index in [-0.39, 0.29) is 18.3 Å². The maximum atomic E-state index is 10.8. The molecule has 158 valence electrons. The monoisotopic (exact) mass is 412 g/mol. The Kier molecular flexibility index (Phi) is 7.61. The second-order valence-corrected chi connectivity index (χ2v) is 6.72. The fourth-order valence-electron chi connectivity index (χ4n) is 2.91. The number of nitro benzene ring substituents is 1. The van der Waals surface area contributed by atoms with Crippen LogP contribution in [-0.2, 0) is 11.2 Å². The van der Waals surface area contributed by atoms with Crippen LogP contribution in [0.5, 0.6) is 0 Å². The summed E-state index contributed by atoms with van der Waals surface area (Å²) < 4.78 is 10.7. The maximum absolute atomic E-state index is 10.8. The van der Waals surface area contributed by atoms with Crippen LogP contribution in [0.3, 0.4) is 0 Å². The number of rotatable bonds is 11. The Labute approximate surface area is 173 Å². The lowest BCUT2D eigenvalue weighted by molar-refractivity contribution is -0.384. The molecule has 0 unspecified atom stereocenters. The number of aliphatic hydroxyl groups excluding tert-OH is 1. The van der Waals surface area contributed by atoms with Crippen LogP contribution in [0.4, 0.5) is 5.69 Å². The fraction of sp³-hybridized carbons (Fsp3) is 0.333. The van der Waals surface area contributed by atoms with Crippen molar-refractivity contribution in [2.45, 2.75) is 25.5 Å². The van der Waals surface area contributed by atoms with E-state index in [1.165, 1.54) is 12.1 Å². The molecule has 2 atom stereocenters. The van der Waals surface area contributed by atoms with E-state index >= 15 is 0 Å². The van der Waals surface area contributed by atoms with Gasteiger partial charge in [-0.15, -0.1) is 0 Å². The van der Waals surface area contributed by atoms with E-state index in [0.29, 0.717) is 36.9 Å². The zero-order chi connectivity index (χ0) is 21.3. The van der Waals surface area contributed by atoms with E-state index in [4.69, 9.17) is 9.26 Å². The van der Waals surface area contributed by atoms with Gasteiger partial charge in [0.15, 0.2) is 0 Å². The topological polar surface area (TPSA) is 124 Å². The first-order valence-corrected chi connectivity index (χ1v) is 9.68. The molecule has 9 nitrogen and oxygen atoms in total. The van der Waals surface area contributed by atoms with Gasteiger partial charge in [-0.25, -0.2) is 0 Å². The van der Waals surface area contributed by atoms with Gasteiger partial charge in [0.2, 0.25) is 11.7 Å². The van der Waals surface area contributed by atoms with Crippen molar-refractivity contribution in [2.24, 2.45) is 0 Å². The van der Waals surface area contributed by atoms with Gasteiger partial charge < -0.3 is 19.7 Å². The summed E-state index contributed by atoms with van der Waals surface area (Å²) in [6.45, 7) is 2.94. The SMILES string of the molecule is CCOC[C@H](O)CN[C@H](Cc1ccccc1)c1nc(-c2ccc([N+](=O)[O-])cc2)no1. The number of nitrogens with one attached hydrogen (secondary N) is 1. The molecule has 0 saturated heterocycles. The highest BCUT2D eigenvalue weighted by Gasteiger charge is 2.21. The van der Waals surface area contributed by atoms with Crippen molar-refractivity contribution in [3.05, 3.63) is 76.2 Å². The highest BCUT2D eigenvalue weighted by Crippen LogP contribution is 2.23. The molecule has 0 amide bonds. The normalized spacial score (nSPS) is 13.1. The lowest BCUT2D eigenvalue weighted by Gasteiger charge is -2.18. The number of nitrogens with zero attached hydrogens (tertiary/aromatic N) is 3. The number of aliphatic hydroxyl groups is 1. The average Bonchev–Trinajstić information content (AvgIpc) is 3.26. The molecule has 0 bridgehead atoms. The number of ether oxygens (including phenoxy) is 1. The van der Waals surface area contributed by atoms with Crippen LogP contribution in [0.2, 0.25) is 0 Å². The second kappa shape index (κ2) is 10.6. The third-order valence-corrected chi connectivity index (χ3v) is 4.47. The quantitative estimate of drug-likeness (QED) is 0.364. The van der Waals surface area contributed by atoms with Crippen LogP contribution in [0.1, 0.15) is 24.4 Å². The lowest BCUT2D eigenvalue weighted by atomic mass is 10.1. The van der Waals surface area contributed by atoms with Gasteiger partial charge >= 0.3 is 0 Å². The molecule has 3 rings (SSSR count). The molecule has 2 aromatic carbocycles. The summed E-state index contributed by atoms with van der Waals surface area (Å²) in [7, 11) is 0. The van der Waals surface area contributed by atoms with E-state index in [2.05, 4.69) is 15.5 Å². The minimum absolute atomic E-state index is 0.00521. The summed E-state index contributed by atoms with van der Waals surface area (Å²) in [6, 6.07) is 15.5. The number of nitro groups is 1. The van der Waals surface area contributed by atoms with Gasteiger partial charge in [-0.1, -0.05) is 35.5 Å². The molecule has 1 heterocycles. The van der Waals surface area contributed by atoms with E-state index < -0.39 is 11.0 Å². The summed E-state index contributed by atoms with van der Waals surface area (Å²) in [5.41, 5.74) is 1.68. The van der Waals surface area contributed by atoms with Gasteiger partial charge in [-0.2, -0.15) is 4.98 Å². The second-order valence-electron chi connectivity index (χ2n) is 6.72. The van der Waals surface area contributed by atoms with Crippen molar-refractivity contribution < 1.29 is 19.3 Å². The van der Waals surface area contributed by atoms with Crippen molar-refractivity contribution in [3.8, 4) is 11.4 Å². The molecular formula is C21H24N4O5. The van der Waals surface area contributed by atoms with E-state index in [1.54, 1.807) is 12.1 Å². The van der Waals surface area contributed by atoms with Crippen molar-refractivity contribution in [1.29, 1.82) is 0 Å². The van der Waals surface area contributed by atoms with Crippen LogP contribution < -0.4 is 5.32 Å². The van der Waals surface area contributed by atoms with Crippen LogP contribution >= 0.6 is 0 Å². The molecule has 0 spiro atoms. The van der Waals surface area contributed by atoms with Crippen molar-refractivity contribution >= 4 is 5.69 Å². The molecule has 3 aromatic rings. The van der Waals surface area contributed by atoms with Gasteiger partial charge in [-0.3, -0.25) is 10.1 Å². The molecule has 0 saturated carbocycles. The molecular weight excluding hydrogens is 388 g/mol. The first-order chi connectivity index (χ1) is 14.6. The Morgan fingerprint density at radius 1 is 1.20 bits per heavy atom. The lowest BCUT2D eigenvalue weighted by Crippen LogP contribution is -2.34. The Balaban J connectivity index is 1.76. The molecule has 0 fully saturated rings. The van der Waals surface area contributed by atoms with Gasteiger partial charge in [0.25, 0.3) is 5.69 Å². The Morgan fingerprint density at radius 2 is 1.93 bits per heavy atom. The van der Waals surface area contributed by atoms with E-state index in [0.717, 1.165) is 5.56 Å². The zero-order valence-corrected chi connectivity index (χ0v) is 16.6. The Morgan fingerprint density at radius 3 is 2.60 bits per heavy atom. The first-order valence-electron chi connectivity index (χ1n) is 9.68. The standard InChI is InChI=1S/C21H24N4O5/c1-2-29-14-18(26)13-22-19(12-15-6-4-3-5-7-15)21-23-20(24-30-21)16-8-10-17(11-9-16)25(27)28/h3-11,18-19,22,26H,2,12-14H2,1H3/t18-,19-/m1/s1. The zero-order valence-electron chi connectivity index (χ0n) is 16.6. The molecule has 9 heteroatoms. The van der Waals surface area contributed by atoms with Gasteiger partial charge in [-0.05, 0) is 31.0 Å². The summed E-state index contributed by atoms with van der Waals surface area (Å²) in [4.78, 5) is 14.8. The smallest absolute Gasteiger partial charge is 0.269 e. The molecule has 0 aliphatic heterocycles. The Bertz CT molecular complexity index is 930. The maximum Gasteiger partial charge on any atom is 0.269 e. The largest absolute Gasteiger partial charge is 0.389 e. The third-order valence-electron chi connectivity index (χ3n) is 4.47. The molecule has 1 aromatic heterocycles. The molecule has 0 radical (unpaired) electrons. The van der Waals surface area contributed by atoms with Crippen LogP contribution in [0.15, 0.2) is 59.1 Å². The number of hydrogen-bond donors (Lipinski definition) is 2. The fourth-order valence-corrected chi connectivity index (χ4v) is 2.91. The number of hydrogen-bond acceptors (Lipinski definition) is 8. The third kappa shape index (κ3) is 5.93. The summed E-state index contributed by atoms with van der Waals surface area (Å²) >= 11 is 0. The summed E-state index contributed by atoms with van der Waals surface area (Å²) in [5.74, 6) is 0.713. The number of aromatic nitrogens is 2. The molecule has 0 aliphatic carbocycles. The van der Waals surface area contributed by atoms with Crippen molar-refractivity contribution in [3.63, 3.8) is 0 Å². The summed E-state index contributed by atoms with van der Waals surface area (Å²) in [5, 5.41) is 28.2.